The van der Waals surface area contributed by atoms with Crippen LogP contribution in [0, 0.1) is 40.9 Å². The van der Waals surface area contributed by atoms with Crippen molar-refractivity contribution in [1.82, 2.24) is 0 Å². The average Bonchev–Trinajstić information content (AvgIpc) is 2.74. The molecule has 0 amide bonds. The molecule has 0 aromatic carbocycles. The molecule has 0 aromatic rings. The summed E-state index contributed by atoms with van der Waals surface area (Å²) < 4.78 is 0. The molecule has 0 radical (unpaired) electrons. The minimum absolute atomic E-state index is 0.278. The van der Waals surface area contributed by atoms with Crippen LogP contribution in [0.3, 0.4) is 0 Å². The van der Waals surface area contributed by atoms with Gasteiger partial charge in [0.2, 0.25) is 0 Å². The van der Waals surface area contributed by atoms with Gasteiger partial charge in [-0.2, -0.15) is 0 Å². The smallest absolute Gasteiger partial charge is 0.133 e. The Bertz CT molecular complexity index is 510. The van der Waals surface area contributed by atoms with Crippen molar-refractivity contribution < 1.29 is 9.59 Å². The van der Waals surface area contributed by atoms with Crippen LogP contribution in [-0.2, 0) is 9.59 Å². The van der Waals surface area contributed by atoms with Gasteiger partial charge in [-0.1, -0.05) is 6.92 Å². The van der Waals surface area contributed by atoms with Gasteiger partial charge in [-0.3, -0.25) is 9.59 Å². The number of rotatable bonds is 1. The first-order chi connectivity index (χ1) is 11.0. The summed E-state index contributed by atoms with van der Waals surface area (Å²) in [7, 11) is 0. The van der Waals surface area contributed by atoms with Crippen molar-refractivity contribution in [3.63, 3.8) is 0 Å². The van der Waals surface area contributed by atoms with Crippen LogP contribution in [0.2, 0.25) is 0 Å². The third-order valence-electron chi connectivity index (χ3n) is 8.49. The van der Waals surface area contributed by atoms with Crippen molar-refractivity contribution in [2.24, 2.45) is 40.9 Å². The van der Waals surface area contributed by atoms with Gasteiger partial charge in [-0.15, -0.1) is 0 Å². The summed E-state index contributed by atoms with van der Waals surface area (Å²) in [6.07, 6.45) is 11.7. The minimum Gasteiger partial charge on any atom is -0.300 e. The van der Waals surface area contributed by atoms with Crippen molar-refractivity contribution in [3.8, 4) is 0 Å². The van der Waals surface area contributed by atoms with E-state index < -0.39 is 0 Å². The van der Waals surface area contributed by atoms with E-state index in [1.807, 2.05) is 6.92 Å². The van der Waals surface area contributed by atoms with Gasteiger partial charge < -0.3 is 0 Å². The first-order valence-corrected chi connectivity index (χ1v) is 10.0. The van der Waals surface area contributed by atoms with Gasteiger partial charge in [0.25, 0.3) is 0 Å². The molecule has 7 atom stereocenters. The Morgan fingerprint density at radius 1 is 1.00 bits per heavy atom. The Hall–Kier alpha value is -0.660. The lowest BCUT2D eigenvalue weighted by Gasteiger charge is -2.54. The standard InChI is InChI=1S/C21H32O2/c1-13(22)19-8-9-20-18-7-6-14-12-15(23)4-3-5-16(14)17(18)10-11-21(19,20)2/h14,16-20H,3-12H2,1-2H3/t14-,16+,17-,18-,19-,20+,21-/m1/s1. The fraction of sp³-hybridized carbons (Fsp3) is 0.905. The molecular weight excluding hydrogens is 284 g/mol. The van der Waals surface area contributed by atoms with Gasteiger partial charge in [0, 0.05) is 18.8 Å². The van der Waals surface area contributed by atoms with Crippen LogP contribution in [0.25, 0.3) is 0 Å². The largest absolute Gasteiger partial charge is 0.300 e. The van der Waals surface area contributed by atoms with Crippen LogP contribution in [0.5, 0.6) is 0 Å². The van der Waals surface area contributed by atoms with Crippen LogP contribution in [0.15, 0.2) is 0 Å². The molecule has 0 spiro atoms. The Kier molecular flexibility index (Phi) is 3.93. The van der Waals surface area contributed by atoms with Crippen LogP contribution >= 0.6 is 0 Å². The molecule has 0 heterocycles. The van der Waals surface area contributed by atoms with Gasteiger partial charge in [0.1, 0.15) is 11.6 Å². The SMILES string of the molecule is CC(=O)[C@H]1CC[C@H]2[C@@H]3CC[C@@H]4CC(=O)CCC[C@@H]4[C@H]3CC[C@]12C. The van der Waals surface area contributed by atoms with Crippen LogP contribution in [0.4, 0.5) is 0 Å². The molecular formula is C21H32O2. The minimum atomic E-state index is 0.278. The van der Waals surface area contributed by atoms with E-state index in [0.29, 0.717) is 23.4 Å². The predicted molar refractivity (Wildman–Crippen MR) is 90.9 cm³/mol. The first-order valence-electron chi connectivity index (χ1n) is 10.0. The molecule has 0 bridgehead atoms. The maximum Gasteiger partial charge on any atom is 0.133 e. The maximum atomic E-state index is 12.1. The summed E-state index contributed by atoms with van der Waals surface area (Å²) in [5.74, 6) is 5.23. The summed E-state index contributed by atoms with van der Waals surface area (Å²) in [5, 5.41) is 0. The summed E-state index contributed by atoms with van der Waals surface area (Å²) in [5.41, 5.74) is 0.278. The second kappa shape index (κ2) is 5.70. The van der Waals surface area contributed by atoms with Gasteiger partial charge in [0.05, 0.1) is 0 Å². The number of hydrogen-bond donors (Lipinski definition) is 0. The zero-order chi connectivity index (χ0) is 16.2. The van der Waals surface area contributed by atoms with Crippen LogP contribution in [0.1, 0.15) is 78.1 Å². The fourth-order valence-electron chi connectivity index (χ4n) is 7.53. The lowest BCUT2D eigenvalue weighted by atomic mass is 9.50. The van der Waals surface area contributed by atoms with Gasteiger partial charge >= 0.3 is 0 Å². The topological polar surface area (TPSA) is 34.1 Å². The van der Waals surface area contributed by atoms with E-state index in [-0.39, 0.29) is 5.41 Å². The highest BCUT2D eigenvalue weighted by Crippen LogP contribution is 2.63. The van der Waals surface area contributed by atoms with E-state index in [2.05, 4.69) is 6.92 Å². The number of carbonyl (C=O) groups is 2. The van der Waals surface area contributed by atoms with Crippen molar-refractivity contribution in [1.29, 1.82) is 0 Å². The molecule has 4 saturated carbocycles. The zero-order valence-electron chi connectivity index (χ0n) is 14.9. The molecule has 128 valence electrons. The fourth-order valence-corrected chi connectivity index (χ4v) is 7.53. The lowest BCUT2D eigenvalue weighted by molar-refractivity contribution is -0.128. The third kappa shape index (κ3) is 2.43. The molecule has 4 aliphatic carbocycles. The number of hydrogen-bond acceptors (Lipinski definition) is 2. The van der Waals surface area contributed by atoms with E-state index in [4.69, 9.17) is 0 Å². The number of carbonyl (C=O) groups excluding carboxylic acids is 2. The number of fused-ring (bicyclic) bond motifs is 5. The Morgan fingerprint density at radius 3 is 2.61 bits per heavy atom. The second-order valence-electron chi connectivity index (χ2n) is 9.36. The lowest BCUT2D eigenvalue weighted by Crippen LogP contribution is -2.48. The Morgan fingerprint density at radius 2 is 1.83 bits per heavy atom. The second-order valence-corrected chi connectivity index (χ2v) is 9.36. The summed E-state index contributed by atoms with van der Waals surface area (Å²) >= 11 is 0. The predicted octanol–water partition coefficient (Wildman–Crippen LogP) is 4.80. The van der Waals surface area contributed by atoms with Gasteiger partial charge in [-0.05, 0) is 93.3 Å². The number of Topliss-reactive ketones (excluding diaryl/α,β-unsaturated/α-hetero) is 2. The number of ketones is 2. The van der Waals surface area contributed by atoms with Crippen molar-refractivity contribution in [2.75, 3.05) is 0 Å². The molecule has 23 heavy (non-hydrogen) atoms. The van der Waals surface area contributed by atoms with Gasteiger partial charge in [-0.25, -0.2) is 0 Å². The van der Waals surface area contributed by atoms with Crippen LogP contribution < -0.4 is 0 Å². The maximum absolute atomic E-state index is 12.1. The van der Waals surface area contributed by atoms with Crippen molar-refractivity contribution >= 4 is 11.6 Å². The molecule has 4 fully saturated rings. The first kappa shape index (κ1) is 15.8. The van der Waals surface area contributed by atoms with E-state index in [9.17, 15) is 9.59 Å². The monoisotopic (exact) mass is 316 g/mol. The van der Waals surface area contributed by atoms with Crippen molar-refractivity contribution in [2.45, 2.75) is 78.1 Å². The molecule has 2 nitrogen and oxygen atoms in total. The zero-order valence-corrected chi connectivity index (χ0v) is 14.9. The van der Waals surface area contributed by atoms with Crippen molar-refractivity contribution in [3.05, 3.63) is 0 Å². The quantitative estimate of drug-likeness (QED) is 0.696. The normalized spacial score (nSPS) is 49.7. The van der Waals surface area contributed by atoms with E-state index >= 15 is 0 Å². The Balaban J connectivity index is 1.58. The third-order valence-corrected chi connectivity index (χ3v) is 8.49. The highest BCUT2D eigenvalue weighted by Gasteiger charge is 2.57. The van der Waals surface area contributed by atoms with E-state index in [1.54, 1.807) is 0 Å². The summed E-state index contributed by atoms with van der Waals surface area (Å²) in [6.45, 7) is 4.24. The molecule has 0 aromatic heterocycles. The highest BCUT2D eigenvalue weighted by atomic mass is 16.1. The molecule has 2 heteroatoms. The van der Waals surface area contributed by atoms with Crippen LogP contribution in [-0.4, -0.2) is 11.6 Å². The summed E-state index contributed by atoms with van der Waals surface area (Å²) in [6, 6.07) is 0. The molecule has 0 aliphatic heterocycles. The van der Waals surface area contributed by atoms with Gasteiger partial charge in [0.15, 0.2) is 0 Å². The molecule has 0 saturated heterocycles. The molecule has 0 N–H and O–H groups in total. The van der Waals surface area contributed by atoms with E-state index in [0.717, 1.165) is 49.4 Å². The molecule has 0 unspecified atom stereocenters. The Labute approximate surface area is 140 Å². The highest BCUT2D eigenvalue weighted by molar-refractivity contribution is 5.79. The average molecular weight is 316 g/mol. The van der Waals surface area contributed by atoms with E-state index in [1.165, 1.54) is 38.5 Å². The molecule has 4 rings (SSSR count). The summed E-state index contributed by atoms with van der Waals surface area (Å²) in [4.78, 5) is 24.2. The molecule has 4 aliphatic rings.